The number of anilines is 2. The summed E-state index contributed by atoms with van der Waals surface area (Å²) in [7, 11) is 1.58. The van der Waals surface area contributed by atoms with E-state index in [2.05, 4.69) is 5.32 Å². The maximum absolute atomic E-state index is 13.5. The van der Waals surface area contributed by atoms with E-state index in [9.17, 15) is 9.59 Å². The molecule has 3 aromatic rings. The van der Waals surface area contributed by atoms with Crippen LogP contribution >= 0.6 is 0 Å². The quantitative estimate of drug-likeness (QED) is 0.510. The third kappa shape index (κ3) is 4.60. The topological polar surface area (TPSA) is 67.9 Å². The average molecular weight is 443 g/mol. The van der Waals surface area contributed by atoms with Crippen LogP contribution in [0.25, 0.3) is 5.57 Å². The van der Waals surface area contributed by atoms with Crippen molar-refractivity contribution in [2.24, 2.45) is 0 Å². The van der Waals surface area contributed by atoms with Crippen molar-refractivity contribution in [3.8, 4) is 11.5 Å². The van der Waals surface area contributed by atoms with Gasteiger partial charge >= 0.3 is 0 Å². The molecular formula is C27H26N2O4. The minimum Gasteiger partial charge on any atom is -0.497 e. The third-order valence-corrected chi connectivity index (χ3v) is 5.22. The second-order valence-electron chi connectivity index (χ2n) is 8.08. The Labute approximate surface area is 193 Å². The number of imide groups is 1. The lowest BCUT2D eigenvalue weighted by atomic mass is 10.0. The Bertz CT molecular complexity index is 1210. The molecule has 1 heterocycles. The van der Waals surface area contributed by atoms with Crippen molar-refractivity contribution in [2.75, 3.05) is 17.3 Å². The number of rotatable bonds is 7. The zero-order valence-electron chi connectivity index (χ0n) is 19.1. The maximum atomic E-state index is 13.5. The summed E-state index contributed by atoms with van der Waals surface area (Å²) >= 11 is 0. The normalized spacial score (nSPS) is 13.7. The van der Waals surface area contributed by atoms with E-state index >= 15 is 0 Å². The second kappa shape index (κ2) is 9.20. The summed E-state index contributed by atoms with van der Waals surface area (Å²) in [6.07, 6.45) is 0.0603. The molecule has 0 aliphatic carbocycles. The first-order valence-corrected chi connectivity index (χ1v) is 10.8. The van der Waals surface area contributed by atoms with Crippen LogP contribution in [0, 0.1) is 6.92 Å². The largest absolute Gasteiger partial charge is 0.497 e. The second-order valence-corrected chi connectivity index (χ2v) is 8.08. The summed E-state index contributed by atoms with van der Waals surface area (Å²) in [5, 5.41) is 3.17. The third-order valence-electron chi connectivity index (χ3n) is 5.22. The fraction of sp³-hybridized carbons (Fsp3) is 0.185. The molecule has 6 heteroatoms. The predicted molar refractivity (Wildman–Crippen MR) is 129 cm³/mol. The van der Waals surface area contributed by atoms with Gasteiger partial charge in [0.25, 0.3) is 11.8 Å². The van der Waals surface area contributed by atoms with Gasteiger partial charge in [-0.05, 0) is 80.4 Å². The van der Waals surface area contributed by atoms with Gasteiger partial charge in [0.05, 0.1) is 24.5 Å². The number of nitrogens with zero attached hydrogens (tertiary/aromatic N) is 1. The van der Waals surface area contributed by atoms with Gasteiger partial charge in [0, 0.05) is 5.69 Å². The molecule has 1 N–H and O–H groups in total. The summed E-state index contributed by atoms with van der Waals surface area (Å²) in [5.74, 6) is 0.619. The molecule has 6 nitrogen and oxygen atoms in total. The molecule has 1 aliphatic rings. The van der Waals surface area contributed by atoms with E-state index in [0.717, 1.165) is 11.3 Å². The molecule has 1 aliphatic heterocycles. The van der Waals surface area contributed by atoms with Gasteiger partial charge in [0.1, 0.15) is 17.2 Å². The maximum Gasteiger partial charge on any atom is 0.282 e. The molecular weight excluding hydrogens is 416 g/mol. The molecule has 0 radical (unpaired) electrons. The van der Waals surface area contributed by atoms with Crippen molar-refractivity contribution in [3.05, 3.63) is 89.6 Å². The van der Waals surface area contributed by atoms with Crippen molar-refractivity contribution >= 4 is 28.8 Å². The predicted octanol–water partition coefficient (Wildman–Crippen LogP) is 5.19. The summed E-state index contributed by atoms with van der Waals surface area (Å²) in [5.41, 5.74) is 3.34. The van der Waals surface area contributed by atoms with Gasteiger partial charge in [0.15, 0.2) is 0 Å². The number of benzene rings is 3. The lowest BCUT2D eigenvalue weighted by Gasteiger charge is -2.16. The zero-order chi connectivity index (χ0) is 23.5. The molecule has 0 saturated heterocycles. The Morgan fingerprint density at radius 3 is 2.12 bits per heavy atom. The number of nitrogens with one attached hydrogen (secondary N) is 1. The first-order chi connectivity index (χ1) is 15.9. The van der Waals surface area contributed by atoms with E-state index in [-0.39, 0.29) is 17.7 Å². The van der Waals surface area contributed by atoms with Crippen molar-refractivity contribution in [2.45, 2.75) is 26.9 Å². The van der Waals surface area contributed by atoms with Crippen LogP contribution in [0.3, 0.4) is 0 Å². The lowest BCUT2D eigenvalue weighted by Crippen LogP contribution is -2.32. The standard InChI is InChI=1S/C27H26N2O4/c1-17(2)33-23-14-10-20(11-15-23)28-25-24(19-8-12-22(32-4)13-9-19)26(30)29(27(25)31)21-7-5-6-18(3)16-21/h5-17,28H,1-4H3. The van der Waals surface area contributed by atoms with Crippen LogP contribution in [0.2, 0.25) is 0 Å². The SMILES string of the molecule is COc1ccc(C2=C(Nc3ccc(OC(C)C)cc3)C(=O)N(c3cccc(C)c3)C2=O)cc1. The van der Waals surface area contributed by atoms with Gasteiger partial charge < -0.3 is 14.8 Å². The van der Waals surface area contributed by atoms with Crippen LogP contribution in [0.5, 0.6) is 11.5 Å². The number of carbonyl (C=O) groups excluding carboxylic acids is 2. The van der Waals surface area contributed by atoms with Crippen molar-refractivity contribution in [1.29, 1.82) is 0 Å². The number of ether oxygens (including phenoxy) is 2. The Kier molecular flexibility index (Phi) is 6.18. The smallest absolute Gasteiger partial charge is 0.282 e. The number of aryl methyl sites for hydroxylation is 1. The van der Waals surface area contributed by atoms with Crippen molar-refractivity contribution < 1.29 is 19.1 Å². The molecule has 2 amide bonds. The van der Waals surface area contributed by atoms with E-state index in [0.29, 0.717) is 28.3 Å². The summed E-state index contributed by atoms with van der Waals surface area (Å²) < 4.78 is 10.9. The minimum absolute atomic E-state index is 0.0603. The van der Waals surface area contributed by atoms with E-state index < -0.39 is 5.91 Å². The van der Waals surface area contributed by atoms with Crippen LogP contribution in [0.1, 0.15) is 25.0 Å². The summed E-state index contributed by atoms with van der Waals surface area (Å²) in [6, 6.07) is 21.7. The average Bonchev–Trinajstić information content (AvgIpc) is 3.04. The van der Waals surface area contributed by atoms with Crippen LogP contribution in [0.4, 0.5) is 11.4 Å². The van der Waals surface area contributed by atoms with Crippen molar-refractivity contribution in [1.82, 2.24) is 0 Å². The van der Waals surface area contributed by atoms with Gasteiger partial charge in [-0.15, -0.1) is 0 Å². The van der Waals surface area contributed by atoms with Crippen LogP contribution < -0.4 is 19.7 Å². The summed E-state index contributed by atoms with van der Waals surface area (Å²) in [4.78, 5) is 28.2. The highest BCUT2D eigenvalue weighted by Crippen LogP contribution is 2.34. The van der Waals surface area contributed by atoms with Crippen LogP contribution in [0.15, 0.2) is 78.5 Å². The molecule has 0 spiro atoms. The molecule has 3 aromatic carbocycles. The molecule has 0 fully saturated rings. The number of carbonyl (C=O) groups is 2. The number of amides is 2. The van der Waals surface area contributed by atoms with Crippen LogP contribution in [-0.4, -0.2) is 25.0 Å². The Morgan fingerprint density at radius 2 is 1.52 bits per heavy atom. The first-order valence-electron chi connectivity index (χ1n) is 10.8. The zero-order valence-corrected chi connectivity index (χ0v) is 19.1. The molecule has 168 valence electrons. The number of hydrogen-bond donors (Lipinski definition) is 1. The Balaban J connectivity index is 1.74. The van der Waals surface area contributed by atoms with Gasteiger partial charge in [-0.1, -0.05) is 24.3 Å². The van der Waals surface area contributed by atoms with Gasteiger partial charge in [-0.2, -0.15) is 0 Å². The van der Waals surface area contributed by atoms with Gasteiger partial charge in [-0.3, -0.25) is 9.59 Å². The fourth-order valence-corrected chi connectivity index (χ4v) is 3.71. The van der Waals surface area contributed by atoms with E-state index in [1.807, 2.05) is 63.2 Å². The number of hydrogen-bond acceptors (Lipinski definition) is 5. The number of methoxy groups -OCH3 is 1. The highest BCUT2D eigenvalue weighted by atomic mass is 16.5. The molecule has 0 unspecified atom stereocenters. The summed E-state index contributed by atoms with van der Waals surface area (Å²) in [6.45, 7) is 5.84. The molecule has 4 rings (SSSR count). The Hall–Kier alpha value is -4.06. The molecule has 0 bridgehead atoms. The highest BCUT2D eigenvalue weighted by Gasteiger charge is 2.40. The van der Waals surface area contributed by atoms with Gasteiger partial charge in [0.2, 0.25) is 0 Å². The minimum atomic E-state index is -0.404. The van der Waals surface area contributed by atoms with E-state index in [1.165, 1.54) is 4.90 Å². The fourth-order valence-electron chi connectivity index (χ4n) is 3.71. The van der Waals surface area contributed by atoms with E-state index in [1.54, 1.807) is 37.4 Å². The van der Waals surface area contributed by atoms with Crippen LogP contribution in [-0.2, 0) is 9.59 Å². The Morgan fingerprint density at radius 1 is 0.848 bits per heavy atom. The van der Waals surface area contributed by atoms with E-state index in [4.69, 9.17) is 9.47 Å². The molecule has 0 aromatic heterocycles. The lowest BCUT2D eigenvalue weighted by molar-refractivity contribution is -0.120. The van der Waals surface area contributed by atoms with Crippen molar-refractivity contribution in [3.63, 3.8) is 0 Å². The highest BCUT2D eigenvalue weighted by molar-refractivity contribution is 6.46. The monoisotopic (exact) mass is 442 g/mol. The molecule has 33 heavy (non-hydrogen) atoms. The first kappa shape index (κ1) is 22.1. The van der Waals surface area contributed by atoms with Gasteiger partial charge in [-0.25, -0.2) is 4.90 Å². The molecule has 0 atom stereocenters. The molecule has 0 saturated carbocycles.